The molecule has 5 heteroatoms. The van der Waals surface area contributed by atoms with Crippen molar-refractivity contribution in [1.82, 2.24) is 0 Å². The summed E-state index contributed by atoms with van der Waals surface area (Å²) in [6.07, 6.45) is 1.66. The minimum absolute atomic E-state index is 0.191. The van der Waals surface area contributed by atoms with E-state index in [1.54, 1.807) is 48.5 Å². The van der Waals surface area contributed by atoms with Gasteiger partial charge < -0.3 is 10.1 Å². The Morgan fingerprint density at radius 3 is 2.59 bits per heavy atom. The number of carbonyl (C=O) groups is 2. The van der Waals surface area contributed by atoms with E-state index in [1.165, 1.54) is 6.92 Å². The molecule has 0 spiro atoms. The molecule has 3 rings (SSSR count). The first-order chi connectivity index (χ1) is 10.5. The molecule has 0 fully saturated rings. The summed E-state index contributed by atoms with van der Waals surface area (Å²) < 4.78 is 5.58. The minimum Gasteiger partial charge on any atom is -0.452 e. The van der Waals surface area contributed by atoms with Gasteiger partial charge in [0.2, 0.25) is 11.7 Å². The van der Waals surface area contributed by atoms with Gasteiger partial charge >= 0.3 is 0 Å². The molecule has 4 nitrogen and oxygen atoms in total. The fourth-order valence-corrected chi connectivity index (χ4v) is 2.31. The Hall–Kier alpha value is -2.59. The molecule has 0 atom stereocenters. The summed E-state index contributed by atoms with van der Waals surface area (Å²) in [5, 5.41) is 3.27. The van der Waals surface area contributed by atoms with E-state index in [4.69, 9.17) is 16.3 Å². The zero-order chi connectivity index (χ0) is 15.7. The lowest BCUT2D eigenvalue weighted by Crippen LogP contribution is -2.06. The van der Waals surface area contributed by atoms with Crippen molar-refractivity contribution in [3.63, 3.8) is 0 Å². The molecule has 1 aliphatic heterocycles. The maximum Gasteiger partial charge on any atom is 0.232 e. The highest BCUT2D eigenvalue weighted by atomic mass is 35.5. The van der Waals surface area contributed by atoms with Crippen molar-refractivity contribution >= 4 is 35.1 Å². The van der Waals surface area contributed by atoms with Crippen LogP contribution in [0.1, 0.15) is 22.8 Å². The SMILES string of the molecule is CC(=O)Nc1ccc2c(c1)C(=O)/C(=C/c1ccc(Cl)cc1)O2. The van der Waals surface area contributed by atoms with E-state index < -0.39 is 0 Å². The molecule has 0 aromatic heterocycles. The molecule has 0 saturated heterocycles. The average molecular weight is 314 g/mol. The van der Waals surface area contributed by atoms with Gasteiger partial charge in [0.25, 0.3) is 0 Å². The van der Waals surface area contributed by atoms with Gasteiger partial charge in [-0.05, 0) is 42.0 Å². The van der Waals surface area contributed by atoms with Gasteiger partial charge in [0.1, 0.15) is 5.75 Å². The number of anilines is 1. The van der Waals surface area contributed by atoms with Crippen molar-refractivity contribution in [2.45, 2.75) is 6.92 Å². The van der Waals surface area contributed by atoms with E-state index in [0.717, 1.165) is 5.56 Å². The number of hydrogen-bond acceptors (Lipinski definition) is 3. The zero-order valence-corrected chi connectivity index (χ0v) is 12.5. The number of carbonyl (C=O) groups excluding carboxylic acids is 2. The molecule has 110 valence electrons. The third kappa shape index (κ3) is 2.87. The molecule has 1 heterocycles. The topological polar surface area (TPSA) is 55.4 Å². The van der Waals surface area contributed by atoms with Gasteiger partial charge in [0.05, 0.1) is 5.56 Å². The molecule has 0 unspecified atom stereocenters. The molecule has 0 saturated carbocycles. The Morgan fingerprint density at radius 2 is 1.91 bits per heavy atom. The van der Waals surface area contributed by atoms with Crippen LogP contribution in [-0.2, 0) is 4.79 Å². The second kappa shape index (κ2) is 5.66. The third-order valence-electron chi connectivity index (χ3n) is 3.16. The molecular formula is C17H12ClNO3. The van der Waals surface area contributed by atoms with Crippen LogP contribution < -0.4 is 10.1 Å². The van der Waals surface area contributed by atoms with Gasteiger partial charge in [-0.3, -0.25) is 9.59 Å². The second-order valence-electron chi connectivity index (χ2n) is 4.88. The average Bonchev–Trinajstić information content (AvgIpc) is 2.78. The summed E-state index contributed by atoms with van der Waals surface area (Å²) >= 11 is 5.84. The number of hydrogen-bond donors (Lipinski definition) is 1. The van der Waals surface area contributed by atoms with E-state index in [2.05, 4.69) is 5.32 Å². The smallest absolute Gasteiger partial charge is 0.232 e. The lowest BCUT2D eigenvalue weighted by molar-refractivity contribution is -0.114. The second-order valence-corrected chi connectivity index (χ2v) is 5.32. The first-order valence-electron chi connectivity index (χ1n) is 6.64. The highest BCUT2D eigenvalue weighted by molar-refractivity contribution is 6.30. The molecule has 1 aliphatic rings. The molecule has 0 bridgehead atoms. The molecule has 0 aliphatic carbocycles. The molecule has 2 aromatic rings. The molecule has 1 N–H and O–H groups in total. The summed E-state index contributed by atoms with van der Waals surface area (Å²) in [5.41, 5.74) is 1.82. The van der Waals surface area contributed by atoms with Crippen molar-refractivity contribution in [2.75, 3.05) is 5.32 Å². The largest absolute Gasteiger partial charge is 0.452 e. The summed E-state index contributed by atoms with van der Waals surface area (Å²) in [6, 6.07) is 12.1. The van der Waals surface area contributed by atoms with Gasteiger partial charge in [-0.25, -0.2) is 0 Å². The summed E-state index contributed by atoms with van der Waals surface area (Å²) in [4.78, 5) is 23.5. The Bertz CT molecular complexity index is 794. The van der Waals surface area contributed by atoms with E-state index in [1.807, 2.05) is 0 Å². The van der Waals surface area contributed by atoms with Crippen molar-refractivity contribution < 1.29 is 14.3 Å². The number of fused-ring (bicyclic) bond motifs is 1. The third-order valence-corrected chi connectivity index (χ3v) is 3.41. The van der Waals surface area contributed by atoms with Crippen LogP contribution in [-0.4, -0.2) is 11.7 Å². The number of allylic oxidation sites excluding steroid dienone is 1. The zero-order valence-electron chi connectivity index (χ0n) is 11.7. The van der Waals surface area contributed by atoms with Crippen LogP contribution in [0, 0.1) is 0 Å². The summed E-state index contributed by atoms with van der Waals surface area (Å²) in [7, 11) is 0. The van der Waals surface area contributed by atoms with Gasteiger partial charge in [0.15, 0.2) is 5.76 Å². The predicted molar refractivity (Wildman–Crippen MR) is 85.1 cm³/mol. The number of benzene rings is 2. The van der Waals surface area contributed by atoms with E-state index in [0.29, 0.717) is 22.0 Å². The lowest BCUT2D eigenvalue weighted by Gasteiger charge is -2.02. The molecular weight excluding hydrogens is 302 g/mol. The van der Waals surface area contributed by atoms with E-state index >= 15 is 0 Å². The first kappa shape index (κ1) is 14.4. The summed E-state index contributed by atoms with van der Waals surface area (Å²) in [5.74, 6) is 0.331. The van der Waals surface area contributed by atoms with E-state index in [-0.39, 0.29) is 17.4 Å². The Labute approximate surface area is 132 Å². The van der Waals surface area contributed by atoms with Crippen molar-refractivity contribution in [1.29, 1.82) is 0 Å². The lowest BCUT2D eigenvalue weighted by atomic mass is 10.1. The molecule has 0 radical (unpaired) electrons. The molecule has 2 aromatic carbocycles. The number of Topliss-reactive ketones (excluding diaryl/α,β-unsaturated/α-hetero) is 1. The van der Waals surface area contributed by atoms with Crippen LogP contribution in [0.15, 0.2) is 48.2 Å². The van der Waals surface area contributed by atoms with Crippen LogP contribution in [0.25, 0.3) is 6.08 Å². The van der Waals surface area contributed by atoms with Gasteiger partial charge in [-0.2, -0.15) is 0 Å². The fraction of sp³-hybridized carbons (Fsp3) is 0.0588. The number of amides is 1. The number of rotatable bonds is 2. The van der Waals surface area contributed by atoms with Crippen LogP contribution >= 0.6 is 11.6 Å². The van der Waals surface area contributed by atoms with Crippen molar-refractivity contribution in [3.8, 4) is 5.75 Å². The van der Waals surface area contributed by atoms with Crippen LogP contribution in [0.3, 0.4) is 0 Å². The number of nitrogens with one attached hydrogen (secondary N) is 1. The number of halogens is 1. The maximum atomic E-state index is 12.4. The highest BCUT2D eigenvalue weighted by Crippen LogP contribution is 2.33. The Morgan fingerprint density at radius 1 is 1.18 bits per heavy atom. The van der Waals surface area contributed by atoms with Crippen LogP contribution in [0.2, 0.25) is 5.02 Å². The van der Waals surface area contributed by atoms with Crippen molar-refractivity contribution in [2.24, 2.45) is 0 Å². The number of ether oxygens (including phenoxy) is 1. The summed E-state index contributed by atoms with van der Waals surface area (Å²) in [6.45, 7) is 1.41. The monoisotopic (exact) mass is 313 g/mol. The standard InChI is InChI=1S/C17H12ClNO3/c1-10(20)19-13-6-7-15-14(9-13)17(21)16(22-15)8-11-2-4-12(18)5-3-11/h2-9H,1H3,(H,19,20)/b16-8-. The van der Waals surface area contributed by atoms with Crippen molar-refractivity contribution in [3.05, 3.63) is 64.4 Å². The fourth-order valence-electron chi connectivity index (χ4n) is 2.18. The quantitative estimate of drug-likeness (QED) is 0.855. The van der Waals surface area contributed by atoms with Gasteiger partial charge in [-0.15, -0.1) is 0 Å². The highest BCUT2D eigenvalue weighted by Gasteiger charge is 2.27. The Balaban J connectivity index is 1.90. The Kier molecular flexibility index (Phi) is 3.69. The predicted octanol–water partition coefficient (Wildman–Crippen LogP) is 3.91. The van der Waals surface area contributed by atoms with E-state index in [9.17, 15) is 9.59 Å². The van der Waals surface area contributed by atoms with Crippen LogP contribution in [0.5, 0.6) is 5.75 Å². The number of ketones is 1. The molecule has 22 heavy (non-hydrogen) atoms. The van der Waals surface area contributed by atoms with Gasteiger partial charge in [0, 0.05) is 17.6 Å². The van der Waals surface area contributed by atoms with Gasteiger partial charge in [-0.1, -0.05) is 23.7 Å². The minimum atomic E-state index is -0.211. The molecule has 1 amide bonds. The van der Waals surface area contributed by atoms with Crippen LogP contribution in [0.4, 0.5) is 5.69 Å². The maximum absolute atomic E-state index is 12.4. The first-order valence-corrected chi connectivity index (χ1v) is 7.02. The normalized spacial score (nSPS) is 14.6.